The minimum Gasteiger partial charge on any atom is -0.478 e. The number of hydrogen-bond donors (Lipinski definition) is 1. The number of ether oxygens (including phenoxy) is 1. The molecule has 1 atom stereocenters. The summed E-state index contributed by atoms with van der Waals surface area (Å²) in [5, 5.41) is 9.70. The molecule has 0 saturated carbocycles. The van der Waals surface area contributed by atoms with Gasteiger partial charge in [-0.2, -0.15) is 0 Å². The maximum absolute atomic E-state index is 11.1. The van der Waals surface area contributed by atoms with Gasteiger partial charge in [0.1, 0.15) is 0 Å². The van der Waals surface area contributed by atoms with Crippen LogP contribution >= 0.6 is 0 Å². The molecular weight excluding hydrogens is 230 g/mol. The zero-order chi connectivity index (χ0) is 13.1. The number of carbonyl (C=O) groups is 1. The highest BCUT2D eigenvalue weighted by Crippen LogP contribution is 2.21. The van der Waals surface area contributed by atoms with Crippen LogP contribution in [0, 0.1) is 0 Å². The first-order valence-electron chi connectivity index (χ1n) is 5.91. The highest BCUT2D eigenvalue weighted by molar-refractivity contribution is 6.02. The maximum atomic E-state index is 11.1. The summed E-state index contributed by atoms with van der Waals surface area (Å²) in [6.07, 6.45) is 0.993. The average Bonchev–Trinajstić information content (AvgIpc) is 2.37. The first-order chi connectivity index (χ1) is 8.61. The van der Waals surface area contributed by atoms with Crippen molar-refractivity contribution in [3.63, 3.8) is 0 Å². The van der Waals surface area contributed by atoms with Crippen molar-refractivity contribution in [2.75, 3.05) is 0 Å². The van der Waals surface area contributed by atoms with Crippen molar-refractivity contribution in [1.29, 1.82) is 0 Å². The standard InChI is InChI=1S/C14H15NO3/c1-3-9(2)18-13-8-7-10-11(14(16)17)5-4-6-12(10)15-13/h4-9H,3H2,1-2H3,(H,16,17). The van der Waals surface area contributed by atoms with E-state index < -0.39 is 5.97 Å². The van der Waals surface area contributed by atoms with E-state index in [1.165, 1.54) is 0 Å². The molecule has 0 aliphatic heterocycles. The Bertz CT molecular complexity index is 580. The Balaban J connectivity index is 2.44. The molecule has 4 heteroatoms. The Morgan fingerprint density at radius 1 is 1.39 bits per heavy atom. The van der Waals surface area contributed by atoms with E-state index in [0.29, 0.717) is 16.8 Å². The number of carboxylic acids is 1. The Morgan fingerprint density at radius 3 is 2.83 bits per heavy atom. The number of hydrogen-bond acceptors (Lipinski definition) is 3. The predicted molar refractivity (Wildman–Crippen MR) is 69.1 cm³/mol. The number of benzene rings is 1. The Morgan fingerprint density at radius 2 is 2.17 bits per heavy atom. The summed E-state index contributed by atoms with van der Waals surface area (Å²) in [7, 11) is 0. The number of carboxylic acid groups (broad SMARTS) is 1. The summed E-state index contributed by atoms with van der Waals surface area (Å²) < 4.78 is 5.61. The summed E-state index contributed by atoms with van der Waals surface area (Å²) in [5.74, 6) is -0.419. The lowest BCUT2D eigenvalue weighted by molar-refractivity contribution is 0.0699. The van der Waals surface area contributed by atoms with E-state index in [1.54, 1.807) is 30.3 Å². The monoisotopic (exact) mass is 245 g/mol. The van der Waals surface area contributed by atoms with Gasteiger partial charge >= 0.3 is 5.97 Å². The van der Waals surface area contributed by atoms with Gasteiger partial charge in [-0.3, -0.25) is 0 Å². The van der Waals surface area contributed by atoms with Crippen LogP contribution in [0.15, 0.2) is 30.3 Å². The Kier molecular flexibility index (Phi) is 3.46. The third-order valence-corrected chi connectivity index (χ3v) is 2.83. The molecule has 1 aromatic carbocycles. The molecule has 18 heavy (non-hydrogen) atoms. The van der Waals surface area contributed by atoms with Gasteiger partial charge in [0.05, 0.1) is 17.2 Å². The fraction of sp³-hybridized carbons (Fsp3) is 0.286. The van der Waals surface area contributed by atoms with E-state index in [4.69, 9.17) is 9.84 Å². The van der Waals surface area contributed by atoms with E-state index in [0.717, 1.165) is 6.42 Å². The normalized spacial score (nSPS) is 12.3. The summed E-state index contributed by atoms with van der Waals surface area (Å²) >= 11 is 0. The number of aromatic carboxylic acids is 1. The van der Waals surface area contributed by atoms with Crippen LogP contribution in [0.25, 0.3) is 10.9 Å². The molecule has 0 amide bonds. The quantitative estimate of drug-likeness (QED) is 0.899. The molecule has 1 aromatic heterocycles. The molecule has 2 aromatic rings. The van der Waals surface area contributed by atoms with Crippen LogP contribution in [0.3, 0.4) is 0 Å². The fourth-order valence-electron chi connectivity index (χ4n) is 1.68. The molecule has 0 aliphatic rings. The van der Waals surface area contributed by atoms with E-state index in [-0.39, 0.29) is 11.7 Å². The summed E-state index contributed by atoms with van der Waals surface area (Å²) in [5.41, 5.74) is 0.894. The molecule has 2 rings (SSSR count). The van der Waals surface area contributed by atoms with E-state index in [1.807, 2.05) is 13.8 Å². The lowest BCUT2D eigenvalue weighted by atomic mass is 10.1. The Hall–Kier alpha value is -2.10. The van der Waals surface area contributed by atoms with Gasteiger partial charge in [0.15, 0.2) is 0 Å². The topological polar surface area (TPSA) is 59.4 Å². The molecule has 1 N–H and O–H groups in total. The van der Waals surface area contributed by atoms with Crippen LogP contribution in [0.1, 0.15) is 30.6 Å². The fourth-order valence-corrected chi connectivity index (χ4v) is 1.68. The van der Waals surface area contributed by atoms with Crippen molar-refractivity contribution < 1.29 is 14.6 Å². The zero-order valence-corrected chi connectivity index (χ0v) is 10.4. The summed E-state index contributed by atoms with van der Waals surface area (Å²) in [6, 6.07) is 8.49. The van der Waals surface area contributed by atoms with Crippen molar-refractivity contribution in [3.8, 4) is 5.88 Å². The predicted octanol–water partition coefficient (Wildman–Crippen LogP) is 3.11. The second-order valence-corrected chi connectivity index (χ2v) is 4.16. The zero-order valence-electron chi connectivity index (χ0n) is 10.4. The van der Waals surface area contributed by atoms with Crippen LogP contribution in [0.2, 0.25) is 0 Å². The third kappa shape index (κ3) is 2.42. The number of aromatic nitrogens is 1. The van der Waals surface area contributed by atoms with Gasteiger partial charge < -0.3 is 9.84 Å². The van der Waals surface area contributed by atoms with Crippen LogP contribution in [-0.4, -0.2) is 22.2 Å². The highest BCUT2D eigenvalue weighted by Gasteiger charge is 2.10. The van der Waals surface area contributed by atoms with Crippen LogP contribution in [0.5, 0.6) is 5.88 Å². The van der Waals surface area contributed by atoms with Crippen LogP contribution in [0.4, 0.5) is 0 Å². The largest absolute Gasteiger partial charge is 0.478 e. The molecule has 0 bridgehead atoms. The van der Waals surface area contributed by atoms with E-state index >= 15 is 0 Å². The van der Waals surface area contributed by atoms with Crippen molar-refractivity contribution in [1.82, 2.24) is 4.98 Å². The highest BCUT2D eigenvalue weighted by atomic mass is 16.5. The molecule has 4 nitrogen and oxygen atoms in total. The summed E-state index contributed by atoms with van der Waals surface area (Å²) in [6.45, 7) is 4.01. The molecule has 1 unspecified atom stereocenters. The number of rotatable bonds is 4. The molecule has 0 spiro atoms. The SMILES string of the molecule is CCC(C)Oc1ccc2c(C(=O)O)cccc2n1. The van der Waals surface area contributed by atoms with Crippen molar-refractivity contribution in [2.24, 2.45) is 0 Å². The number of pyridine rings is 1. The molecule has 0 aliphatic carbocycles. The lowest BCUT2D eigenvalue weighted by Gasteiger charge is -2.12. The summed E-state index contributed by atoms with van der Waals surface area (Å²) in [4.78, 5) is 15.4. The number of nitrogens with zero attached hydrogens (tertiary/aromatic N) is 1. The van der Waals surface area contributed by atoms with Gasteiger partial charge in [-0.15, -0.1) is 0 Å². The van der Waals surface area contributed by atoms with E-state index in [9.17, 15) is 4.79 Å². The van der Waals surface area contributed by atoms with Crippen molar-refractivity contribution in [2.45, 2.75) is 26.4 Å². The molecule has 94 valence electrons. The van der Waals surface area contributed by atoms with Gasteiger partial charge in [-0.25, -0.2) is 9.78 Å². The smallest absolute Gasteiger partial charge is 0.336 e. The maximum Gasteiger partial charge on any atom is 0.336 e. The van der Waals surface area contributed by atoms with Crippen LogP contribution in [-0.2, 0) is 0 Å². The number of fused-ring (bicyclic) bond motifs is 1. The first-order valence-corrected chi connectivity index (χ1v) is 5.91. The van der Waals surface area contributed by atoms with Crippen molar-refractivity contribution in [3.05, 3.63) is 35.9 Å². The third-order valence-electron chi connectivity index (χ3n) is 2.83. The van der Waals surface area contributed by atoms with Gasteiger partial charge in [-0.1, -0.05) is 13.0 Å². The lowest BCUT2D eigenvalue weighted by Crippen LogP contribution is -2.10. The molecular formula is C14H15NO3. The molecule has 0 fully saturated rings. The second-order valence-electron chi connectivity index (χ2n) is 4.16. The molecule has 0 saturated heterocycles. The minimum absolute atomic E-state index is 0.0950. The minimum atomic E-state index is -0.946. The first kappa shape index (κ1) is 12.4. The second kappa shape index (κ2) is 5.04. The van der Waals surface area contributed by atoms with Gasteiger partial charge in [-0.05, 0) is 31.5 Å². The van der Waals surface area contributed by atoms with Gasteiger partial charge in [0.25, 0.3) is 0 Å². The van der Waals surface area contributed by atoms with Crippen LogP contribution < -0.4 is 4.74 Å². The molecule has 1 heterocycles. The van der Waals surface area contributed by atoms with Gasteiger partial charge in [0, 0.05) is 11.5 Å². The van der Waals surface area contributed by atoms with E-state index in [2.05, 4.69) is 4.98 Å². The van der Waals surface area contributed by atoms with Crippen molar-refractivity contribution >= 4 is 16.9 Å². The van der Waals surface area contributed by atoms with Gasteiger partial charge in [0.2, 0.25) is 5.88 Å². The molecule has 0 radical (unpaired) electrons. The Labute approximate surface area is 105 Å². The average molecular weight is 245 g/mol.